The third kappa shape index (κ3) is 46.3. The molecule has 0 saturated carbocycles. The molecular weight excluding hydrogens is 739 g/mol. The Morgan fingerprint density at radius 1 is 0.417 bits per heavy atom. The second kappa shape index (κ2) is 50.5. The number of allylic oxidation sites excluding steroid dienone is 3. The number of aliphatic hydroxyl groups excluding tert-OH is 3. The molecule has 4 N–H and O–H groups in total. The minimum Gasteiger partial charge on any atom is -0.394 e. The number of unbranched alkanes of at least 4 members (excludes halogenated alkanes) is 39. The van der Waals surface area contributed by atoms with E-state index in [9.17, 15) is 20.1 Å². The van der Waals surface area contributed by atoms with Gasteiger partial charge in [-0.3, -0.25) is 4.79 Å². The van der Waals surface area contributed by atoms with E-state index in [1.54, 1.807) is 6.08 Å². The van der Waals surface area contributed by atoms with E-state index >= 15 is 0 Å². The molecule has 1 amide bonds. The minimum absolute atomic E-state index is 0.0104. The maximum Gasteiger partial charge on any atom is 0.222 e. The molecule has 0 aliphatic heterocycles. The Balaban J connectivity index is 3.58. The molecule has 5 heteroatoms. The highest BCUT2D eigenvalue weighted by molar-refractivity contribution is 5.76. The van der Waals surface area contributed by atoms with Crippen LogP contribution in [0.4, 0.5) is 0 Å². The fraction of sp³-hybridized carbons (Fsp3) is 0.909. The van der Waals surface area contributed by atoms with Crippen LogP contribution in [-0.2, 0) is 4.79 Å². The lowest BCUT2D eigenvalue weighted by atomic mass is 10.0. The first kappa shape index (κ1) is 58.8. The summed E-state index contributed by atoms with van der Waals surface area (Å²) in [6.45, 7) is 4.24. The van der Waals surface area contributed by atoms with Gasteiger partial charge in [0.05, 0.1) is 31.3 Å². The molecule has 3 atom stereocenters. The third-order valence-electron chi connectivity index (χ3n) is 12.7. The molecule has 0 rings (SSSR count). The zero-order valence-corrected chi connectivity index (χ0v) is 40.6. The molecule has 0 bridgehead atoms. The Kier molecular flexibility index (Phi) is 49.5. The van der Waals surface area contributed by atoms with E-state index in [2.05, 4.69) is 31.3 Å². The van der Waals surface area contributed by atoms with Crippen molar-refractivity contribution in [3.8, 4) is 0 Å². The molecular formula is C55H107NO4. The molecule has 356 valence electrons. The van der Waals surface area contributed by atoms with Crippen molar-refractivity contribution < 1.29 is 20.1 Å². The van der Waals surface area contributed by atoms with Gasteiger partial charge in [0.25, 0.3) is 0 Å². The minimum atomic E-state index is -0.950. The monoisotopic (exact) mass is 846 g/mol. The lowest BCUT2D eigenvalue weighted by molar-refractivity contribution is -0.124. The second-order valence-corrected chi connectivity index (χ2v) is 18.8. The zero-order chi connectivity index (χ0) is 43.7. The molecule has 0 spiro atoms. The average molecular weight is 846 g/mol. The van der Waals surface area contributed by atoms with E-state index in [1.807, 2.05) is 6.08 Å². The van der Waals surface area contributed by atoms with Gasteiger partial charge < -0.3 is 20.6 Å². The molecule has 0 aliphatic rings. The molecule has 0 aromatic rings. The van der Waals surface area contributed by atoms with Crippen LogP contribution in [-0.4, -0.2) is 46.1 Å². The quantitative estimate of drug-likeness (QED) is 0.0363. The van der Waals surface area contributed by atoms with Gasteiger partial charge in [0.15, 0.2) is 0 Å². The average Bonchev–Trinajstić information content (AvgIpc) is 3.24. The third-order valence-corrected chi connectivity index (χ3v) is 12.7. The summed E-state index contributed by atoms with van der Waals surface area (Å²) in [6, 6.07) is -0.759. The van der Waals surface area contributed by atoms with Crippen molar-refractivity contribution in [2.75, 3.05) is 6.61 Å². The SMILES string of the molecule is CCCCCCCCCCCCCCCC/C=C/CC/C=C/C(O)C(CO)NC(=O)CC(O)CCCCCCCCCCCCCCCCCCCCCCCCCCC. The van der Waals surface area contributed by atoms with Gasteiger partial charge in [-0.05, 0) is 32.1 Å². The molecule has 5 nitrogen and oxygen atoms in total. The zero-order valence-electron chi connectivity index (χ0n) is 40.6. The lowest BCUT2D eigenvalue weighted by Gasteiger charge is -2.21. The first-order chi connectivity index (χ1) is 29.5. The van der Waals surface area contributed by atoms with Crippen LogP contribution in [0.25, 0.3) is 0 Å². The molecule has 0 saturated heterocycles. The van der Waals surface area contributed by atoms with Gasteiger partial charge in [0.2, 0.25) is 5.91 Å². The maximum atomic E-state index is 12.5. The molecule has 0 aliphatic carbocycles. The Hall–Kier alpha value is -1.17. The van der Waals surface area contributed by atoms with Crippen LogP contribution in [0.15, 0.2) is 24.3 Å². The van der Waals surface area contributed by atoms with Crippen LogP contribution in [0.1, 0.15) is 296 Å². The standard InChI is InChI=1S/C55H107NO4/c1-3-5-7-9-11-13-15-17-19-21-23-25-26-27-28-29-30-32-34-36-38-40-42-44-46-48-52(58)50-55(60)56-53(51-57)54(59)49-47-45-43-41-39-37-35-33-31-24-22-20-18-16-14-12-10-8-6-4-2/h39,41,47,49,52-54,57-59H,3-38,40,42-46,48,50-51H2,1-2H3,(H,56,60)/b41-39+,49-47+. The van der Waals surface area contributed by atoms with E-state index in [1.165, 1.54) is 238 Å². The highest BCUT2D eigenvalue weighted by Crippen LogP contribution is 2.17. The fourth-order valence-electron chi connectivity index (χ4n) is 8.59. The number of nitrogens with one attached hydrogen (secondary N) is 1. The summed E-state index contributed by atoms with van der Waals surface area (Å²) < 4.78 is 0. The smallest absolute Gasteiger partial charge is 0.222 e. The van der Waals surface area contributed by atoms with Crippen molar-refractivity contribution in [2.24, 2.45) is 0 Å². The highest BCUT2D eigenvalue weighted by Gasteiger charge is 2.20. The van der Waals surface area contributed by atoms with Gasteiger partial charge in [-0.25, -0.2) is 0 Å². The van der Waals surface area contributed by atoms with E-state index in [4.69, 9.17) is 0 Å². The Labute approximate surface area is 375 Å². The summed E-state index contributed by atoms with van der Waals surface area (Å²) in [5, 5.41) is 33.4. The number of amides is 1. The summed E-state index contributed by atoms with van der Waals surface area (Å²) in [4.78, 5) is 12.5. The number of carbonyl (C=O) groups excluding carboxylic acids is 1. The number of carbonyl (C=O) groups is 1. The molecule has 60 heavy (non-hydrogen) atoms. The number of rotatable bonds is 50. The predicted octanol–water partition coefficient (Wildman–Crippen LogP) is 16.5. The Morgan fingerprint density at radius 3 is 1.07 bits per heavy atom. The molecule has 0 radical (unpaired) electrons. The fourth-order valence-corrected chi connectivity index (χ4v) is 8.59. The van der Waals surface area contributed by atoms with Crippen molar-refractivity contribution in [2.45, 2.75) is 315 Å². The van der Waals surface area contributed by atoms with E-state index in [0.717, 1.165) is 32.1 Å². The van der Waals surface area contributed by atoms with Gasteiger partial charge in [0.1, 0.15) is 0 Å². The Bertz CT molecular complexity index is 890. The number of hydrogen-bond donors (Lipinski definition) is 4. The predicted molar refractivity (Wildman–Crippen MR) is 264 cm³/mol. The normalized spacial score (nSPS) is 13.5. The van der Waals surface area contributed by atoms with Crippen LogP contribution in [0.2, 0.25) is 0 Å². The van der Waals surface area contributed by atoms with Gasteiger partial charge in [0, 0.05) is 0 Å². The summed E-state index contributed by atoms with van der Waals surface area (Å²) in [7, 11) is 0. The Morgan fingerprint density at radius 2 is 0.717 bits per heavy atom. The molecule has 0 aromatic heterocycles. The molecule has 0 heterocycles. The van der Waals surface area contributed by atoms with Crippen molar-refractivity contribution in [3.63, 3.8) is 0 Å². The summed E-state index contributed by atoms with van der Waals surface area (Å²) in [6.07, 6.45) is 63.6. The van der Waals surface area contributed by atoms with E-state index < -0.39 is 18.2 Å². The highest BCUT2D eigenvalue weighted by atomic mass is 16.3. The number of aliphatic hydroxyl groups is 3. The molecule has 0 fully saturated rings. The van der Waals surface area contributed by atoms with Gasteiger partial charge >= 0.3 is 0 Å². The lowest BCUT2D eigenvalue weighted by Crippen LogP contribution is -2.45. The summed E-state index contributed by atoms with van der Waals surface area (Å²) >= 11 is 0. The summed E-state index contributed by atoms with van der Waals surface area (Å²) in [5.41, 5.74) is 0. The summed E-state index contributed by atoms with van der Waals surface area (Å²) in [5.74, 6) is -0.319. The van der Waals surface area contributed by atoms with Crippen LogP contribution < -0.4 is 5.32 Å². The van der Waals surface area contributed by atoms with Crippen LogP contribution in [0.5, 0.6) is 0 Å². The van der Waals surface area contributed by atoms with Gasteiger partial charge in [-0.1, -0.05) is 282 Å². The van der Waals surface area contributed by atoms with Crippen LogP contribution in [0, 0.1) is 0 Å². The van der Waals surface area contributed by atoms with Gasteiger partial charge in [-0.15, -0.1) is 0 Å². The second-order valence-electron chi connectivity index (χ2n) is 18.8. The van der Waals surface area contributed by atoms with Crippen molar-refractivity contribution in [1.29, 1.82) is 0 Å². The molecule has 0 aromatic carbocycles. The first-order valence-electron chi connectivity index (χ1n) is 27.1. The first-order valence-corrected chi connectivity index (χ1v) is 27.1. The number of hydrogen-bond acceptors (Lipinski definition) is 4. The van der Waals surface area contributed by atoms with E-state index in [0.29, 0.717) is 6.42 Å². The molecule has 3 unspecified atom stereocenters. The van der Waals surface area contributed by atoms with E-state index in [-0.39, 0.29) is 18.9 Å². The maximum absolute atomic E-state index is 12.5. The van der Waals surface area contributed by atoms with Crippen LogP contribution in [0.3, 0.4) is 0 Å². The van der Waals surface area contributed by atoms with Crippen LogP contribution >= 0.6 is 0 Å². The van der Waals surface area contributed by atoms with Gasteiger partial charge in [-0.2, -0.15) is 0 Å². The van der Waals surface area contributed by atoms with Crippen molar-refractivity contribution in [1.82, 2.24) is 5.32 Å². The van der Waals surface area contributed by atoms with Crippen molar-refractivity contribution in [3.05, 3.63) is 24.3 Å². The largest absolute Gasteiger partial charge is 0.394 e. The van der Waals surface area contributed by atoms with Crippen molar-refractivity contribution >= 4 is 5.91 Å². The topological polar surface area (TPSA) is 89.8 Å².